The molecule has 6 rings (SSSR count). The smallest absolute Gasteiger partial charge is 0.337 e. The molecule has 0 bridgehead atoms. The summed E-state index contributed by atoms with van der Waals surface area (Å²) in [5, 5.41) is 0. The SMILES string of the molecule is COC(=O)c1ccc(C2C3=C(OC4CCCCC4C3=O)C(=O)N2Cc2ccc3c(c2)OCO3)cc1. The molecule has 3 unspecified atom stereocenters. The molecule has 3 aliphatic heterocycles. The molecule has 3 heterocycles. The molecule has 0 aromatic heterocycles. The second kappa shape index (κ2) is 8.45. The van der Waals surface area contributed by atoms with Gasteiger partial charge in [-0.3, -0.25) is 9.59 Å². The van der Waals surface area contributed by atoms with Crippen molar-refractivity contribution in [3.63, 3.8) is 0 Å². The summed E-state index contributed by atoms with van der Waals surface area (Å²) >= 11 is 0. The van der Waals surface area contributed by atoms with E-state index in [4.69, 9.17) is 18.9 Å². The van der Waals surface area contributed by atoms with E-state index in [0.717, 1.165) is 36.8 Å². The van der Waals surface area contributed by atoms with E-state index in [1.54, 1.807) is 29.2 Å². The van der Waals surface area contributed by atoms with Gasteiger partial charge in [0.05, 0.1) is 30.2 Å². The lowest BCUT2D eigenvalue weighted by Gasteiger charge is -2.35. The summed E-state index contributed by atoms with van der Waals surface area (Å²) in [6.45, 7) is 0.426. The number of esters is 1. The van der Waals surface area contributed by atoms with E-state index >= 15 is 0 Å². The van der Waals surface area contributed by atoms with Gasteiger partial charge in [-0.2, -0.15) is 0 Å². The highest BCUT2D eigenvalue weighted by molar-refractivity contribution is 6.11. The number of ether oxygens (including phenoxy) is 4. The normalized spacial score (nSPS) is 24.7. The van der Waals surface area contributed by atoms with Gasteiger partial charge < -0.3 is 23.8 Å². The number of hydrogen-bond acceptors (Lipinski definition) is 7. The standard InChI is InChI=1S/C27H25NO7/c1-32-27(31)17-9-7-16(8-10-17)23-22-24(29)18-4-2-3-5-19(18)35-25(22)26(30)28(23)13-15-6-11-20-21(12-15)34-14-33-20/h6-12,18-19,23H,2-5,13-14H2,1H3. The van der Waals surface area contributed by atoms with Crippen molar-refractivity contribution in [3.05, 3.63) is 70.5 Å². The Hall–Kier alpha value is -3.81. The number of rotatable bonds is 4. The number of amides is 1. The van der Waals surface area contributed by atoms with Crippen LogP contribution in [0.4, 0.5) is 0 Å². The molecule has 8 nitrogen and oxygen atoms in total. The number of fused-ring (bicyclic) bond motifs is 2. The van der Waals surface area contributed by atoms with Gasteiger partial charge in [-0.05, 0) is 54.7 Å². The van der Waals surface area contributed by atoms with Crippen molar-refractivity contribution in [1.29, 1.82) is 0 Å². The largest absolute Gasteiger partial charge is 0.483 e. The Kier molecular flexibility index (Phi) is 5.24. The summed E-state index contributed by atoms with van der Waals surface area (Å²) in [6, 6.07) is 11.8. The summed E-state index contributed by atoms with van der Waals surface area (Å²) in [4.78, 5) is 41.0. The summed E-state index contributed by atoms with van der Waals surface area (Å²) in [6.07, 6.45) is 3.27. The van der Waals surface area contributed by atoms with Crippen molar-refractivity contribution in [2.45, 2.75) is 44.4 Å². The fourth-order valence-electron chi connectivity index (χ4n) is 5.56. The Bertz CT molecular complexity index is 1250. The molecule has 0 saturated heterocycles. The molecule has 180 valence electrons. The molecular formula is C27H25NO7. The molecule has 4 aliphatic rings. The van der Waals surface area contributed by atoms with Gasteiger partial charge in [-0.15, -0.1) is 0 Å². The molecule has 8 heteroatoms. The predicted molar refractivity (Wildman–Crippen MR) is 123 cm³/mol. The molecule has 35 heavy (non-hydrogen) atoms. The van der Waals surface area contributed by atoms with Crippen LogP contribution in [0.15, 0.2) is 53.8 Å². The van der Waals surface area contributed by atoms with E-state index in [1.165, 1.54) is 7.11 Å². The molecule has 2 aromatic carbocycles. The van der Waals surface area contributed by atoms with Crippen LogP contribution in [0, 0.1) is 5.92 Å². The lowest BCUT2D eigenvalue weighted by Crippen LogP contribution is -2.39. The van der Waals surface area contributed by atoms with Gasteiger partial charge in [0.1, 0.15) is 6.10 Å². The molecule has 0 spiro atoms. The Morgan fingerprint density at radius 3 is 2.60 bits per heavy atom. The maximum Gasteiger partial charge on any atom is 0.337 e. The maximum absolute atomic E-state index is 13.7. The first kappa shape index (κ1) is 21.7. The van der Waals surface area contributed by atoms with Crippen molar-refractivity contribution < 1.29 is 33.3 Å². The van der Waals surface area contributed by atoms with Gasteiger partial charge in [0, 0.05) is 6.54 Å². The van der Waals surface area contributed by atoms with Crippen LogP contribution in [-0.2, 0) is 25.6 Å². The zero-order valence-corrected chi connectivity index (χ0v) is 19.3. The van der Waals surface area contributed by atoms with E-state index in [0.29, 0.717) is 22.6 Å². The third kappa shape index (κ3) is 3.55. The number of carbonyl (C=O) groups excluding carboxylic acids is 3. The second-order valence-electron chi connectivity index (χ2n) is 9.29. The van der Waals surface area contributed by atoms with Crippen molar-refractivity contribution in [2.75, 3.05) is 13.9 Å². The van der Waals surface area contributed by atoms with Gasteiger partial charge >= 0.3 is 5.97 Å². The van der Waals surface area contributed by atoms with E-state index in [1.807, 2.05) is 18.2 Å². The third-order valence-electron chi connectivity index (χ3n) is 7.30. The first-order valence-electron chi connectivity index (χ1n) is 11.9. The number of nitrogens with zero attached hydrogens (tertiary/aromatic N) is 1. The van der Waals surface area contributed by atoms with Crippen LogP contribution in [0.5, 0.6) is 11.5 Å². The molecule has 1 fully saturated rings. The van der Waals surface area contributed by atoms with Crippen molar-refractivity contribution in [1.82, 2.24) is 4.90 Å². The van der Waals surface area contributed by atoms with E-state index in [-0.39, 0.29) is 42.8 Å². The first-order chi connectivity index (χ1) is 17.0. The average Bonchev–Trinajstić information content (AvgIpc) is 3.46. The summed E-state index contributed by atoms with van der Waals surface area (Å²) < 4.78 is 21.9. The quantitative estimate of drug-likeness (QED) is 0.623. The van der Waals surface area contributed by atoms with Crippen LogP contribution < -0.4 is 9.47 Å². The second-order valence-corrected chi connectivity index (χ2v) is 9.29. The maximum atomic E-state index is 13.7. The number of hydrogen-bond donors (Lipinski definition) is 0. The number of benzene rings is 2. The van der Waals surface area contributed by atoms with Gasteiger partial charge in [-0.1, -0.05) is 24.6 Å². The molecule has 0 radical (unpaired) electrons. The fourth-order valence-corrected chi connectivity index (χ4v) is 5.56. The lowest BCUT2D eigenvalue weighted by molar-refractivity contribution is -0.135. The molecule has 3 atom stereocenters. The van der Waals surface area contributed by atoms with Crippen molar-refractivity contribution in [2.24, 2.45) is 5.92 Å². The number of Topliss-reactive ketones (excluding diaryl/α,β-unsaturated/α-hetero) is 1. The minimum Gasteiger partial charge on any atom is -0.483 e. The highest BCUT2D eigenvalue weighted by Crippen LogP contribution is 2.47. The number of ketones is 1. The molecule has 0 N–H and O–H groups in total. The van der Waals surface area contributed by atoms with Gasteiger partial charge in [0.15, 0.2) is 23.0 Å². The van der Waals surface area contributed by atoms with Crippen LogP contribution in [0.3, 0.4) is 0 Å². The third-order valence-corrected chi connectivity index (χ3v) is 7.30. The van der Waals surface area contributed by atoms with Gasteiger partial charge in [-0.25, -0.2) is 4.79 Å². The average molecular weight is 475 g/mol. The topological polar surface area (TPSA) is 91.4 Å². The van der Waals surface area contributed by atoms with E-state index in [9.17, 15) is 14.4 Å². The Morgan fingerprint density at radius 1 is 1.03 bits per heavy atom. The van der Waals surface area contributed by atoms with Crippen LogP contribution in [0.1, 0.15) is 53.2 Å². The zero-order chi connectivity index (χ0) is 24.1. The van der Waals surface area contributed by atoms with Gasteiger partial charge in [0.25, 0.3) is 5.91 Å². The Balaban J connectivity index is 1.40. The molecule has 1 amide bonds. The minimum absolute atomic E-state index is 0.000434. The molecule has 1 saturated carbocycles. The van der Waals surface area contributed by atoms with Crippen molar-refractivity contribution >= 4 is 17.7 Å². The van der Waals surface area contributed by atoms with Crippen LogP contribution in [-0.4, -0.2) is 42.6 Å². The Morgan fingerprint density at radius 2 is 1.80 bits per heavy atom. The van der Waals surface area contributed by atoms with E-state index in [2.05, 4.69) is 0 Å². The molecule has 1 aliphatic carbocycles. The molecule has 2 aromatic rings. The van der Waals surface area contributed by atoms with E-state index < -0.39 is 12.0 Å². The Labute approximate surface area is 202 Å². The first-order valence-corrected chi connectivity index (χ1v) is 11.9. The zero-order valence-electron chi connectivity index (χ0n) is 19.3. The molecular weight excluding hydrogens is 450 g/mol. The number of methoxy groups -OCH3 is 1. The van der Waals surface area contributed by atoms with Crippen molar-refractivity contribution in [3.8, 4) is 11.5 Å². The highest BCUT2D eigenvalue weighted by atomic mass is 16.7. The summed E-state index contributed by atoms with van der Waals surface area (Å²) in [5.74, 6) is 0.495. The van der Waals surface area contributed by atoms with Gasteiger partial charge in [0.2, 0.25) is 6.79 Å². The number of carbonyl (C=O) groups is 3. The minimum atomic E-state index is -0.606. The summed E-state index contributed by atoms with van der Waals surface area (Å²) in [5.41, 5.74) is 2.41. The fraction of sp³-hybridized carbons (Fsp3) is 0.370. The van der Waals surface area contributed by atoms with Crippen LogP contribution >= 0.6 is 0 Å². The van der Waals surface area contributed by atoms with Crippen LogP contribution in [0.25, 0.3) is 0 Å². The predicted octanol–water partition coefficient (Wildman–Crippen LogP) is 3.70. The summed E-state index contributed by atoms with van der Waals surface area (Å²) in [7, 11) is 1.33. The highest BCUT2D eigenvalue weighted by Gasteiger charge is 2.51. The monoisotopic (exact) mass is 475 g/mol. The van der Waals surface area contributed by atoms with Crippen LogP contribution in [0.2, 0.25) is 0 Å². The lowest BCUT2D eigenvalue weighted by atomic mass is 9.77.